The molecule has 12 atom stereocenters. The van der Waals surface area contributed by atoms with E-state index in [0.717, 1.165) is 25.1 Å². The number of aromatic amines is 2. The van der Waals surface area contributed by atoms with Crippen molar-refractivity contribution in [1.82, 2.24) is 84.1 Å². The lowest BCUT2D eigenvalue weighted by atomic mass is 10.0. The van der Waals surface area contributed by atoms with E-state index >= 15 is 0 Å². The predicted molar refractivity (Wildman–Crippen MR) is 378 cm³/mol. The summed E-state index contributed by atoms with van der Waals surface area (Å²) < 4.78 is 0. The molecule has 0 aliphatic carbocycles. The van der Waals surface area contributed by atoms with Gasteiger partial charge in [0, 0.05) is 78.8 Å². The van der Waals surface area contributed by atoms with E-state index in [9.17, 15) is 82.1 Å². The lowest BCUT2D eigenvalue weighted by Crippen LogP contribution is -2.62. The van der Waals surface area contributed by atoms with Gasteiger partial charge in [-0.3, -0.25) is 71.9 Å². The number of fused-ring (bicyclic) bond motifs is 9. The SMILES string of the molecule is CCCC[C@@H]1NC(=O)[C@@H]2CCCCNC(=O)c3cc(cc(c3)C(=O)N[C@@H](C)C(=O)N[C@H](Cc3ccccc3)C(=O)N[C@@H](Cc3c[nH]c4ccccc34)C(=O)N[C@H](C(C)O)C(=O)NC(CCC(=O)O)C(=O)N2)C(=O)NC[C@@H](C(N)=O)NC(=O)[C@H](Cc2c[nH]cn2)NC(=O)[C@H](C)NC(=O)[C@@H](CC(C)C)NC1=O. The molecule has 0 saturated heterocycles. The number of aliphatic carboxylic acids is 1. The second-order valence-corrected chi connectivity index (χ2v) is 26.5. The van der Waals surface area contributed by atoms with Crippen molar-refractivity contribution in [3.8, 4) is 0 Å². The Morgan fingerprint density at radius 3 is 1.73 bits per heavy atom. The number of imidazole rings is 1. The monoisotopic (exact) mass is 1460 g/mol. The Bertz CT molecular complexity index is 3980. The Morgan fingerprint density at radius 1 is 0.552 bits per heavy atom. The number of hydrogen-bond donors (Lipinski definition) is 18. The molecular formula is C71H93N17O17. The minimum Gasteiger partial charge on any atom is -0.481 e. The smallest absolute Gasteiger partial charge is 0.303 e. The van der Waals surface area contributed by atoms with Crippen molar-refractivity contribution in [2.75, 3.05) is 13.1 Å². The molecule has 564 valence electrons. The van der Waals surface area contributed by atoms with Crippen LogP contribution in [0.4, 0.5) is 0 Å². The van der Waals surface area contributed by atoms with Crippen LogP contribution in [-0.2, 0) is 76.8 Å². The van der Waals surface area contributed by atoms with Crippen LogP contribution in [-0.4, -0.2) is 199 Å². The number of carboxylic acids is 1. The van der Waals surface area contributed by atoms with Gasteiger partial charge in [0.05, 0.1) is 18.1 Å². The van der Waals surface area contributed by atoms with Crippen LogP contribution in [0.2, 0.25) is 0 Å². The van der Waals surface area contributed by atoms with Crippen molar-refractivity contribution >= 4 is 99.6 Å². The first-order valence-electron chi connectivity index (χ1n) is 34.8. The molecule has 4 bridgehead atoms. The molecule has 5 aromatic rings. The number of nitrogens with two attached hydrogens (primary N) is 1. The normalized spacial score (nSPS) is 24.3. The maximum absolute atomic E-state index is 14.9. The van der Waals surface area contributed by atoms with Gasteiger partial charge in [-0.05, 0) is 101 Å². The third-order valence-corrected chi connectivity index (χ3v) is 17.6. The number of aromatic nitrogens is 3. The van der Waals surface area contributed by atoms with Crippen LogP contribution in [0.15, 0.2) is 91.5 Å². The number of nitrogens with zero attached hydrogens (tertiary/aromatic N) is 1. The van der Waals surface area contributed by atoms with Crippen LogP contribution in [0.5, 0.6) is 0 Å². The first-order chi connectivity index (χ1) is 50.0. The number of carboxylic acid groups (broad SMARTS) is 1. The number of carbonyl (C=O) groups excluding carboxylic acids is 14. The molecule has 0 fully saturated rings. The van der Waals surface area contributed by atoms with Crippen LogP contribution in [0.3, 0.4) is 0 Å². The second-order valence-electron chi connectivity index (χ2n) is 26.5. The number of aliphatic hydroxyl groups is 1. The van der Waals surface area contributed by atoms with E-state index < -0.39 is 181 Å². The summed E-state index contributed by atoms with van der Waals surface area (Å²) in [7, 11) is 0. The Hall–Kier alpha value is -11.6. The average Bonchev–Trinajstić information content (AvgIpc) is 1.75. The molecule has 2 unspecified atom stereocenters. The third-order valence-electron chi connectivity index (χ3n) is 17.6. The first kappa shape index (κ1) is 80.7. The number of amides is 14. The fourth-order valence-corrected chi connectivity index (χ4v) is 11.7. The number of nitrogens with one attached hydrogen (secondary N) is 15. The molecule has 2 aromatic heterocycles. The van der Waals surface area contributed by atoms with Crippen LogP contribution in [0, 0.1) is 5.92 Å². The van der Waals surface area contributed by atoms with E-state index in [-0.39, 0.29) is 86.2 Å². The van der Waals surface area contributed by atoms with Gasteiger partial charge in [0.2, 0.25) is 65.0 Å². The molecule has 0 saturated carbocycles. The number of H-pyrrole nitrogens is 2. The van der Waals surface area contributed by atoms with Gasteiger partial charge < -0.3 is 95.0 Å². The molecule has 4 heterocycles. The Balaban J connectivity index is 1.35. The zero-order valence-electron chi connectivity index (χ0n) is 59.1. The molecule has 2 aliphatic heterocycles. The van der Waals surface area contributed by atoms with Gasteiger partial charge in [-0.25, -0.2) is 4.98 Å². The molecule has 2 aliphatic rings. The Labute approximate surface area is 604 Å². The minimum absolute atomic E-state index is 0.00781. The lowest BCUT2D eigenvalue weighted by Gasteiger charge is -2.29. The fraction of sp³-hybridized carbons (Fsp3) is 0.465. The van der Waals surface area contributed by atoms with Gasteiger partial charge >= 0.3 is 5.97 Å². The summed E-state index contributed by atoms with van der Waals surface area (Å²) in [5.74, 6) is -15.8. The number of aliphatic hydroxyl groups excluding tert-OH is 1. The van der Waals surface area contributed by atoms with E-state index in [2.05, 4.69) is 84.1 Å². The average molecular weight is 1460 g/mol. The summed E-state index contributed by atoms with van der Waals surface area (Å²) in [6, 6.07) is 1.09. The van der Waals surface area contributed by atoms with Crippen LogP contribution < -0.4 is 74.9 Å². The maximum Gasteiger partial charge on any atom is 0.303 e. The number of benzene rings is 3. The van der Waals surface area contributed by atoms with Gasteiger partial charge in [-0.15, -0.1) is 0 Å². The van der Waals surface area contributed by atoms with Crippen molar-refractivity contribution in [2.24, 2.45) is 11.7 Å². The third kappa shape index (κ3) is 24.0. The van der Waals surface area contributed by atoms with E-state index in [4.69, 9.17) is 5.73 Å². The van der Waals surface area contributed by atoms with Crippen LogP contribution in [0.25, 0.3) is 10.9 Å². The van der Waals surface area contributed by atoms with Gasteiger partial charge in [0.1, 0.15) is 66.5 Å². The lowest BCUT2D eigenvalue weighted by molar-refractivity contribution is -0.139. The summed E-state index contributed by atoms with van der Waals surface area (Å²) in [5.41, 5.74) is 6.60. The van der Waals surface area contributed by atoms with Crippen molar-refractivity contribution in [3.63, 3.8) is 0 Å². The molecule has 3 aromatic carbocycles. The maximum atomic E-state index is 14.9. The number of primary amides is 1. The summed E-state index contributed by atoms with van der Waals surface area (Å²) in [6.45, 7) is 8.11. The predicted octanol–water partition coefficient (Wildman–Crippen LogP) is -1.77. The van der Waals surface area contributed by atoms with E-state index in [0.29, 0.717) is 34.9 Å². The molecule has 34 heteroatoms. The van der Waals surface area contributed by atoms with Crippen LogP contribution in [0.1, 0.15) is 147 Å². The largest absolute Gasteiger partial charge is 0.481 e. The molecule has 0 spiro atoms. The standard InChI is InChI=1S/C71H93N17O17/c1-7-8-19-48-65(99)85-51(25-36(2)3)67(101)79-38(5)60(94)84-54(31-45-33-73-35-77-45)69(103)87-55(58(72)92)34-76-62(96)42-27-41-28-43(29-42)63(97)78-37(4)59(93)83-52(26-40-16-10-9-11-17-40)68(102)86-53(30-44-32-75-47-20-13-12-18-46(44)47)70(104)88-57(39(6)89)71(105)82-50(22-23-56(90)91)66(100)81-49(64(98)80-48)21-14-15-24-74-61(41)95/h9-13,16-18,20,27-29,32-33,35-39,48-55,57,75,89H,7-8,14-15,19,21-26,30-31,34H2,1-6H3,(H2,72,92)(H,73,77)(H,74,95)(H,76,96)(H,78,97)(H,79,101)(H,80,98)(H,81,100)(H,82,105)(H,83,93)(H,84,94)(H,85,99)(H,86,102)(H,87,103)(H,88,104)(H,90,91)/t37-,38-,39?,48-,49-,50?,51+,52+,53-,54-,55-,57+/m0/s1. The molecule has 34 nitrogen and oxygen atoms in total. The summed E-state index contributed by atoms with van der Waals surface area (Å²) in [4.78, 5) is 224. The number of para-hydroxylation sites is 1. The van der Waals surface area contributed by atoms with Gasteiger partial charge in [-0.2, -0.15) is 0 Å². The summed E-state index contributed by atoms with van der Waals surface area (Å²) in [6.07, 6.45) is 0.847. The Kier molecular flexibility index (Phi) is 29.7. The quantitative estimate of drug-likeness (QED) is 0.0520. The first-order valence-corrected chi connectivity index (χ1v) is 34.8. The molecule has 19 N–H and O–H groups in total. The fourth-order valence-electron chi connectivity index (χ4n) is 11.7. The second kappa shape index (κ2) is 38.6. The molecule has 105 heavy (non-hydrogen) atoms. The highest BCUT2D eigenvalue weighted by Crippen LogP contribution is 2.21. The molecule has 0 radical (unpaired) electrons. The zero-order chi connectivity index (χ0) is 76.6. The number of rotatable bonds is 16. The van der Waals surface area contributed by atoms with Crippen molar-refractivity contribution in [3.05, 3.63) is 125 Å². The summed E-state index contributed by atoms with van der Waals surface area (Å²) >= 11 is 0. The molecular weight excluding hydrogens is 1360 g/mol. The van der Waals surface area contributed by atoms with Crippen LogP contribution >= 0.6 is 0 Å². The Morgan fingerprint density at radius 2 is 1.10 bits per heavy atom. The van der Waals surface area contributed by atoms with Gasteiger partial charge in [0.15, 0.2) is 0 Å². The van der Waals surface area contributed by atoms with Gasteiger partial charge in [0.25, 0.3) is 17.7 Å². The molecule has 14 amide bonds. The highest BCUT2D eigenvalue weighted by atomic mass is 16.4. The summed E-state index contributed by atoms with van der Waals surface area (Å²) in [5, 5.41) is 55.3. The highest BCUT2D eigenvalue weighted by molar-refractivity contribution is 6.06. The van der Waals surface area contributed by atoms with E-state index in [1.165, 1.54) is 26.4 Å². The van der Waals surface area contributed by atoms with E-state index in [1.807, 2.05) is 6.92 Å². The van der Waals surface area contributed by atoms with Gasteiger partial charge in [-0.1, -0.05) is 82.1 Å². The molecule has 7 rings (SSSR count). The number of hydrogen-bond acceptors (Lipinski definition) is 17. The number of carbonyl (C=O) groups is 15. The van der Waals surface area contributed by atoms with Crippen molar-refractivity contribution < 1.29 is 82.1 Å². The van der Waals surface area contributed by atoms with Crippen molar-refractivity contribution in [1.29, 1.82) is 0 Å². The topological polar surface area (TPSA) is 523 Å². The zero-order valence-corrected chi connectivity index (χ0v) is 59.1. The highest BCUT2D eigenvalue weighted by Gasteiger charge is 2.38. The van der Waals surface area contributed by atoms with E-state index in [1.54, 1.807) is 74.6 Å². The minimum atomic E-state index is -1.94. The number of unbranched alkanes of at least 4 members (excludes halogenated alkanes) is 1. The van der Waals surface area contributed by atoms with Crippen molar-refractivity contribution in [2.45, 2.75) is 191 Å².